The smallest absolute Gasteiger partial charge is 0.304 e. The Morgan fingerprint density at radius 1 is 0.968 bits per heavy atom. The number of carboxylic acids is 2. The fourth-order valence-corrected chi connectivity index (χ4v) is 5.17. The monoisotopic (exact) mass is 456 g/mol. The summed E-state index contributed by atoms with van der Waals surface area (Å²) in [7, 11) is 0. The van der Waals surface area contributed by atoms with E-state index in [-0.39, 0.29) is 48.8 Å². The van der Waals surface area contributed by atoms with Crippen LogP contribution in [0.15, 0.2) is 0 Å². The zero-order valence-corrected chi connectivity index (χ0v) is 18.5. The van der Waals surface area contributed by atoms with Crippen LogP contribution in [0.4, 0.5) is 0 Å². The van der Waals surface area contributed by atoms with Crippen molar-refractivity contribution in [2.45, 2.75) is 69.5 Å². The molecule has 9 nitrogen and oxygen atoms in total. The standard InChI is InChI=1S/C21H32N2O7S/c24-17-12-16(31-11-9-19(27)28)21(30)23(17)13-14-5-7-15(8-6-14)20(29)22-10-3-1-2-4-18(25)26/h14-16H,1-13H2,(H,22,29)(H,25,26)(H,27,28). The maximum Gasteiger partial charge on any atom is 0.304 e. The third-order valence-corrected chi connectivity index (χ3v) is 7.07. The van der Waals surface area contributed by atoms with E-state index in [0.717, 1.165) is 38.5 Å². The third kappa shape index (κ3) is 8.51. The van der Waals surface area contributed by atoms with Gasteiger partial charge >= 0.3 is 11.9 Å². The van der Waals surface area contributed by atoms with Gasteiger partial charge in [0, 0.05) is 37.6 Å². The Labute approximate surface area is 186 Å². The SMILES string of the molecule is O=C(O)CCCCCNC(=O)C1CCC(CN2C(=O)CC(SCCC(=O)O)C2=O)CC1. The molecule has 2 aliphatic rings. The van der Waals surface area contributed by atoms with Gasteiger partial charge in [0.15, 0.2) is 0 Å². The lowest BCUT2D eigenvalue weighted by Gasteiger charge is -2.30. The first-order chi connectivity index (χ1) is 14.8. The molecule has 1 heterocycles. The van der Waals surface area contributed by atoms with E-state index in [2.05, 4.69) is 5.32 Å². The van der Waals surface area contributed by atoms with E-state index in [0.29, 0.717) is 25.3 Å². The minimum absolute atomic E-state index is 0.0277. The van der Waals surface area contributed by atoms with Crippen molar-refractivity contribution in [3.05, 3.63) is 0 Å². The maximum absolute atomic E-state index is 12.5. The van der Waals surface area contributed by atoms with Crippen LogP contribution < -0.4 is 5.32 Å². The zero-order chi connectivity index (χ0) is 22.8. The Morgan fingerprint density at radius 2 is 1.65 bits per heavy atom. The molecule has 3 N–H and O–H groups in total. The number of rotatable bonds is 13. The molecule has 0 spiro atoms. The van der Waals surface area contributed by atoms with Gasteiger partial charge in [0.1, 0.15) is 0 Å². The summed E-state index contributed by atoms with van der Waals surface area (Å²) in [4.78, 5) is 59.5. The highest BCUT2D eigenvalue weighted by molar-refractivity contribution is 8.00. The van der Waals surface area contributed by atoms with Gasteiger partial charge in [0.2, 0.25) is 17.7 Å². The van der Waals surface area contributed by atoms with E-state index in [4.69, 9.17) is 10.2 Å². The van der Waals surface area contributed by atoms with Crippen LogP contribution in [-0.2, 0) is 24.0 Å². The normalized spacial score (nSPS) is 23.7. The first kappa shape index (κ1) is 25.2. The topological polar surface area (TPSA) is 141 Å². The second-order valence-electron chi connectivity index (χ2n) is 8.26. The Morgan fingerprint density at radius 3 is 2.29 bits per heavy atom. The van der Waals surface area contributed by atoms with E-state index >= 15 is 0 Å². The number of likely N-dealkylation sites (tertiary alicyclic amines) is 1. The molecule has 0 radical (unpaired) electrons. The van der Waals surface area contributed by atoms with Crippen LogP contribution in [0.3, 0.4) is 0 Å². The highest BCUT2D eigenvalue weighted by Gasteiger charge is 2.40. The summed E-state index contributed by atoms with van der Waals surface area (Å²) in [6, 6.07) is 0. The molecule has 1 saturated heterocycles. The Balaban J connectivity index is 1.65. The number of imide groups is 1. The molecule has 31 heavy (non-hydrogen) atoms. The molecule has 1 aliphatic heterocycles. The molecular weight excluding hydrogens is 424 g/mol. The molecule has 0 aromatic heterocycles. The molecule has 10 heteroatoms. The van der Waals surface area contributed by atoms with Gasteiger partial charge in [0.25, 0.3) is 0 Å². The van der Waals surface area contributed by atoms with Crippen molar-refractivity contribution in [3.63, 3.8) is 0 Å². The predicted molar refractivity (Wildman–Crippen MR) is 114 cm³/mol. The van der Waals surface area contributed by atoms with Crippen molar-refractivity contribution in [1.82, 2.24) is 10.2 Å². The van der Waals surface area contributed by atoms with Crippen molar-refractivity contribution < 1.29 is 34.2 Å². The van der Waals surface area contributed by atoms with Gasteiger partial charge in [-0.25, -0.2) is 0 Å². The second-order valence-corrected chi connectivity index (χ2v) is 9.57. The van der Waals surface area contributed by atoms with E-state index in [9.17, 15) is 24.0 Å². The summed E-state index contributed by atoms with van der Waals surface area (Å²) >= 11 is 1.23. The molecule has 1 atom stereocenters. The summed E-state index contributed by atoms with van der Waals surface area (Å²) in [5.74, 6) is -1.66. The minimum atomic E-state index is -0.917. The van der Waals surface area contributed by atoms with Crippen LogP contribution in [0, 0.1) is 11.8 Å². The predicted octanol–water partition coefficient (Wildman–Crippen LogP) is 1.89. The number of hydrogen-bond acceptors (Lipinski definition) is 6. The van der Waals surface area contributed by atoms with Crippen LogP contribution >= 0.6 is 11.8 Å². The van der Waals surface area contributed by atoms with Gasteiger partial charge in [-0.3, -0.25) is 28.9 Å². The number of nitrogens with zero attached hydrogens (tertiary/aromatic N) is 1. The number of hydrogen-bond donors (Lipinski definition) is 3. The molecule has 1 saturated carbocycles. The van der Waals surface area contributed by atoms with Crippen LogP contribution in [0.1, 0.15) is 64.2 Å². The number of amides is 3. The summed E-state index contributed by atoms with van der Waals surface area (Å²) in [6.45, 7) is 0.932. The Kier molecular flexibility index (Phi) is 10.3. The number of unbranched alkanes of at least 4 members (excludes halogenated alkanes) is 2. The number of carbonyl (C=O) groups is 5. The zero-order valence-electron chi connectivity index (χ0n) is 17.7. The quantitative estimate of drug-likeness (QED) is 0.282. The molecule has 174 valence electrons. The lowest BCUT2D eigenvalue weighted by Crippen LogP contribution is -2.39. The average molecular weight is 457 g/mol. The maximum atomic E-state index is 12.5. The molecule has 1 aliphatic carbocycles. The van der Waals surface area contributed by atoms with Crippen molar-refractivity contribution in [1.29, 1.82) is 0 Å². The summed E-state index contributed by atoms with van der Waals surface area (Å²) in [5.41, 5.74) is 0. The van der Waals surface area contributed by atoms with E-state index in [1.54, 1.807) is 0 Å². The first-order valence-electron chi connectivity index (χ1n) is 10.9. The Bertz CT molecular complexity index is 677. The van der Waals surface area contributed by atoms with Crippen LogP contribution in [0.2, 0.25) is 0 Å². The van der Waals surface area contributed by atoms with Gasteiger partial charge in [-0.05, 0) is 44.4 Å². The van der Waals surface area contributed by atoms with Gasteiger partial charge in [0.05, 0.1) is 11.7 Å². The summed E-state index contributed by atoms with van der Waals surface area (Å²) in [6.07, 6.45) is 5.42. The molecular formula is C21H32N2O7S. The van der Waals surface area contributed by atoms with Crippen molar-refractivity contribution in [2.24, 2.45) is 11.8 Å². The lowest BCUT2D eigenvalue weighted by atomic mass is 9.81. The number of carboxylic acid groups (broad SMARTS) is 2. The van der Waals surface area contributed by atoms with Crippen molar-refractivity contribution in [2.75, 3.05) is 18.8 Å². The molecule has 3 amide bonds. The fraction of sp³-hybridized carbons (Fsp3) is 0.762. The van der Waals surface area contributed by atoms with E-state index < -0.39 is 17.2 Å². The van der Waals surface area contributed by atoms with Crippen molar-refractivity contribution in [3.8, 4) is 0 Å². The molecule has 0 aromatic rings. The lowest BCUT2D eigenvalue weighted by molar-refractivity contribution is -0.140. The van der Waals surface area contributed by atoms with Crippen molar-refractivity contribution >= 4 is 41.4 Å². The molecule has 2 rings (SSSR count). The van der Waals surface area contributed by atoms with Gasteiger partial charge in [-0.1, -0.05) is 6.42 Å². The van der Waals surface area contributed by atoms with E-state index in [1.165, 1.54) is 16.7 Å². The first-order valence-corrected chi connectivity index (χ1v) is 12.0. The van der Waals surface area contributed by atoms with Gasteiger partial charge in [-0.15, -0.1) is 11.8 Å². The number of thioether (sulfide) groups is 1. The van der Waals surface area contributed by atoms with Crippen LogP contribution in [0.25, 0.3) is 0 Å². The minimum Gasteiger partial charge on any atom is -0.481 e. The van der Waals surface area contributed by atoms with E-state index in [1.807, 2.05) is 0 Å². The van der Waals surface area contributed by atoms with Crippen LogP contribution in [0.5, 0.6) is 0 Å². The third-order valence-electron chi connectivity index (χ3n) is 5.86. The van der Waals surface area contributed by atoms with Gasteiger partial charge < -0.3 is 15.5 Å². The number of aliphatic carboxylic acids is 2. The van der Waals surface area contributed by atoms with Gasteiger partial charge in [-0.2, -0.15) is 0 Å². The summed E-state index contributed by atoms with van der Waals surface area (Å²) < 4.78 is 0. The fourth-order valence-electron chi connectivity index (χ4n) is 4.06. The second kappa shape index (κ2) is 12.7. The summed E-state index contributed by atoms with van der Waals surface area (Å²) in [5, 5.41) is 19.8. The number of carbonyl (C=O) groups excluding carboxylic acids is 3. The molecule has 1 unspecified atom stereocenters. The average Bonchev–Trinajstić information content (AvgIpc) is 2.98. The highest BCUT2D eigenvalue weighted by atomic mass is 32.2. The molecule has 2 fully saturated rings. The largest absolute Gasteiger partial charge is 0.481 e. The highest BCUT2D eigenvalue weighted by Crippen LogP contribution is 2.32. The number of nitrogens with one attached hydrogen (secondary N) is 1. The Hall–Kier alpha value is -2.10. The molecule has 0 bridgehead atoms. The van der Waals surface area contributed by atoms with Crippen LogP contribution in [-0.4, -0.2) is 68.9 Å². The molecule has 0 aromatic carbocycles.